The van der Waals surface area contributed by atoms with Gasteiger partial charge in [-0.2, -0.15) is 0 Å². The Morgan fingerprint density at radius 1 is 0.548 bits per heavy atom. The Bertz CT molecular complexity index is 1340. The molecular formula is C35H36O7. The van der Waals surface area contributed by atoms with Gasteiger partial charge in [0.1, 0.15) is 24.9 Å². The lowest BCUT2D eigenvalue weighted by Crippen LogP contribution is -2.62. The van der Waals surface area contributed by atoms with E-state index in [1.54, 1.807) is 0 Å². The van der Waals surface area contributed by atoms with Crippen molar-refractivity contribution in [2.45, 2.75) is 57.1 Å². The first-order valence-corrected chi connectivity index (χ1v) is 14.1. The summed E-state index contributed by atoms with van der Waals surface area (Å²) < 4.78 is 37.1. The molecule has 0 bridgehead atoms. The first kappa shape index (κ1) is 29.6. The van der Waals surface area contributed by atoms with Crippen molar-refractivity contribution in [3.05, 3.63) is 144 Å². The molecule has 218 valence electrons. The number of hydrogen-bond acceptors (Lipinski definition) is 7. The molecule has 42 heavy (non-hydrogen) atoms. The fourth-order valence-electron chi connectivity index (χ4n) is 4.85. The van der Waals surface area contributed by atoms with E-state index in [-0.39, 0.29) is 19.8 Å². The van der Waals surface area contributed by atoms with E-state index in [2.05, 4.69) is 0 Å². The first-order chi connectivity index (χ1) is 20.7. The van der Waals surface area contributed by atoms with Gasteiger partial charge in [0.15, 0.2) is 12.4 Å². The molecule has 4 aromatic rings. The Balaban J connectivity index is 1.42. The maximum absolute atomic E-state index is 13.6. The van der Waals surface area contributed by atoms with Crippen molar-refractivity contribution in [3.8, 4) is 0 Å². The van der Waals surface area contributed by atoms with Gasteiger partial charge < -0.3 is 28.4 Å². The number of esters is 1. The predicted molar refractivity (Wildman–Crippen MR) is 157 cm³/mol. The van der Waals surface area contributed by atoms with E-state index in [1.807, 2.05) is 121 Å². The summed E-state index contributed by atoms with van der Waals surface area (Å²) in [7, 11) is 1.52. The lowest BCUT2D eigenvalue weighted by atomic mass is 9.97. The van der Waals surface area contributed by atoms with Gasteiger partial charge in [-0.15, -0.1) is 0 Å². The third-order valence-corrected chi connectivity index (χ3v) is 7.04. The molecule has 1 aliphatic heterocycles. The molecule has 0 radical (unpaired) electrons. The van der Waals surface area contributed by atoms with E-state index >= 15 is 0 Å². The zero-order valence-corrected chi connectivity index (χ0v) is 23.6. The van der Waals surface area contributed by atoms with E-state index in [1.165, 1.54) is 7.11 Å². The second kappa shape index (κ2) is 15.4. The molecule has 0 aliphatic carbocycles. The van der Waals surface area contributed by atoms with Crippen molar-refractivity contribution in [1.29, 1.82) is 0 Å². The fraction of sp³-hybridized carbons (Fsp3) is 0.286. The molecule has 7 nitrogen and oxygen atoms in total. The van der Waals surface area contributed by atoms with Crippen LogP contribution in [0.15, 0.2) is 121 Å². The first-order valence-electron chi connectivity index (χ1n) is 14.1. The monoisotopic (exact) mass is 568 g/mol. The highest BCUT2D eigenvalue weighted by molar-refractivity contribution is 5.76. The van der Waals surface area contributed by atoms with Gasteiger partial charge in [-0.3, -0.25) is 0 Å². The molecule has 4 aromatic carbocycles. The van der Waals surface area contributed by atoms with Crippen LogP contribution in [-0.2, 0) is 59.6 Å². The lowest BCUT2D eigenvalue weighted by Gasteiger charge is -2.44. The van der Waals surface area contributed by atoms with Crippen molar-refractivity contribution >= 4 is 5.97 Å². The normalized spacial score (nSPS) is 22.0. The highest BCUT2D eigenvalue weighted by Crippen LogP contribution is 2.31. The van der Waals surface area contributed by atoms with Crippen LogP contribution in [0.4, 0.5) is 0 Å². The largest absolute Gasteiger partial charge is 0.459 e. The van der Waals surface area contributed by atoms with E-state index in [0.29, 0.717) is 6.61 Å². The third kappa shape index (κ3) is 8.12. The minimum absolute atomic E-state index is 0.103. The number of carbonyl (C=O) groups is 1. The van der Waals surface area contributed by atoms with Crippen LogP contribution in [-0.4, -0.2) is 43.8 Å². The molecular weight excluding hydrogens is 532 g/mol. The van der Waals surface area contributed by atoms with Gasteiger partial charge in [-0.1, -0.05) is 121 Å². The molecule has 0 aromatic heterocycles. The SMILES string of the molecule is CO[C@@H]1O[C@@H](C(=O)OCc2ccccc2)[C@@H](OCc2ccccc2)[C@@H](OCc2ccccc2)[C@@H]1OCc1ccccc1. The van der Waals surface area contributed by atoms with Gasteiger partial charge in [-0.25, -0.2) is 4.79 Å². The summed E-state index contributed by atoms with van der Waals surface area (Å²) in [4.78, 5) is 13.6. The summed E-state index contributed by atoms with van der Waals surface area (Å²) in [5.41, 5.74) is 3.78. The van der Waals surface area contributed by atoms with E-state index in [9.17, 15) is 4.79 Å². The Hall–Kier alpha value is -3.85. The molecule has 0 saturated carbocycles. The van der Waals surface area contributed by atoms with E-state index in [0.717, 1.165) is 22.3 Å². The van der Waals surface area contributed by atoms with Crippen LogP contribution >= 0.6 is 0 Å². The Labute approximate surface area is 246 Å². The topological polar surface area (TPSA) is 72.5 Å². The molecule has 0 amide bonds. The summed E-state index contributed by atoms with van der Waals surface area (Å²) >= 11 is 0. The van der Waals surface area contributed by atoms with Crippen molar-refractivity contribution in [3.63, 3.8) is 0 Å². The van der Waals surface area contributed by atoms with Gasteiger partial charge in [0, 0.05) is 7.11 Å². The van der Waals surface area contributed by atoms with Crippen LogP contribution in [0.3, 0.4) is 0 Å². The quantitative estimate of drug-likeness (QED) is 0.187. The van der Waals surface area contributed by atoms with Crippen LogP contribution in [0.5, 0.6) is 0 Å². The Morgan fingerprint density at radius 3 is 1.36 bits per heavy atom. The lowest BCUT2D eigenvalue weighted by molar-refractivity contribution is -0.315. The number of hydrogen-bond donors (Lipinski definition) is 0. The summed E-state index contributed by atoms with van der Waals surface area (Å²) in [6.45, 7) is 0.927. The van der Waals surface area contributed by atoms with Crippen molar-refractivity contribution in [2.75, 3.05) is 7.11 Å². The Kier molecular flexibility index (Phi) is 10.9. The molecule has 5 rings (SSSR count). The zero-order valence-electron chi connectivity index (χ0n) is 23.6. The summed E-state index contributed by atoms with van der Waals surface area (Å²) in [6.07, 6.45) is -4.27. The van der Waals surface area contributed by atoms with Crippen LogP contribution in [0, 0.1) is 0 Å². The number of benzene rings is 4. The minimum atomic E-state index is -1.11. The van der Waals surface area contributed by atoms with Gasteiger partial charge in [0.25, 0.3) is 0 Å². The summed E-state index contributed by atoms with van der Waals surface area (Å²) in [5, 5.41) is 0. The van der Waals surface area contributed by atoms with Crippen LogP contribution in [0.25, 0.3) is 0 Å². The second-order valence-corrected chi connectivity index (χ2v) is 10.0. The van der Waals surface area contributed by atoms with Gasteiger partial charge in [-0.05, 0) is 22.3 Å². The number of ether oxygens (including phenoxy) is 6. The molecule has 1 fully saturated rings. The number of methoxy groups -OCH3 is 1. The Morgan fingerprint density at radius 2 is 0.929 bits per heavy atom. The molecule has 1 heterocycles. The molecule has 1 aliphatic rings. The van der Waals surface area contributed by atoms with Gasteiger partial charge >= 0.3 is 5.97 Å². The highest BCUT2D eigenvalue weighted by Gasteiger charge is 2.52. The zero-order chi connectivity index (χ0) is 29.0. The average Bonchev–Trinajstić information content (AvgIpc) is 3.06. The molecule has 0 unspecified atom stereocenters. The van der Waals surface area contributed by atoms with E-state index in [4.69, 9.17) is 28.4 Å². The molecule has 7 heteroatoms. The average molecular weight is 569 g/mol. The standard InChI is InChI=1S/C35H36O7/c1-37-35-33(40-24-28-18-10-4-11-19-28)31(39-23-27-16-8-3-9-17-27)30(38-22-26-14-6-2-7-15-26)32(42-35)34(36)41-25-29-20-12-5-13-21-29/h2-21,30-33,35H,22-25H2,1H3/t30-,31+,32+,33-,35+/m0/s1. The van der Waals surface area contributed by atoms with Crippen molar-refractivity contribution in [1.82, 2.24) is 0 Å². The van der Waals surface area contributed by atoms with E-state index < -0.39 is 36.7 Å². The molecule has 0 N–H and O–H groups in total. The second-order valence-electron chi connectivity index (χ2n) is 10.0. The molecule has 0 spiro atoms. The summed E-state index contributed by atoms with van der Waals surface area (Å²) in [5.74, 6) is -0.561. The highest BCUT2D eigenvalue weighted by atomic mass is 16.7. The maximum atomic E-state index is 13.6. The predicted octanol–water partition coefficient (Wildman–Crippen LogP) is 5.86. The number of carbonyl (C=O) groups excluding carboxylic acids is 1. The summed E-state index contributed by atoms with van der Waals surface area (Å²) in [6, 6.07) is 38.9. The molecule has 5 atom stereocenters. The third-order valence-electron chi connectivity index (χ3n) is 7.04. The van der Waals surface area contributed by atoms with Crippen molar-refractivity contribution in [2.24, 2.45) is 0 Å². The van der Waals surface area contributed by atoms with Gasteiger partial charge in [0.2, 0.25) is 0 Å². The number of rotatable bonds is 13. The fourth-order valence-corrected chi connectivity index (χ4v) is 4.85. The van der Waals surface area contributed by atoms with Crippen molar-refractivity contribution < 1.29 is 33.2 Å². The maximum Gasteiger partial charge on any atom is 0.338 e. The molecule has 1 saturated heterocycles. The van der Waals surface area contributed by atoms with Gasteiger partial charge in [0.05, 0.1) is 19.8 Å². The van der Waals surface area contributed by atoms with Crippen LogP contribution in [0.2, 0.25) is 0 Å². The smallest absolute Gasteiger partial charge is 0.338 e. The minimum Gasteiger partial charge on any atom is -0.459 e. The van der Waals surface area contributed by atoms with Crippen LogP contribution < -0.4 is 0 Å². The van der Waals surface area contributed by atoms with Crippen LogP contribution in [0.1, 0.15) is 22.3 Å².